The van der Waals surface area contributed by atoms with E-state index in [1.807, 2.05) is 42.5 Å². The average Bonchev–Trinajstić information content (AvgIpc) is 3.16. The molecule has 5 nitrogen and oxygen atoms in total. The smallest absolute Gasteiger partial charge is 0.203 e. The van der Waals surface area contributed by atoms with Crippen LogP contribution in [0.4, 0.5) is 0 Å². The van der Waals surface area contributed by atoms with Crippen LogP contribution in [0.3, 0.4) is 0 Å². The van der Waals surface area contributed by atoms with Crippen molar-refractivity contribution in [3.05, 3.63) is 48.7 Å². The van der Waals surface area contributed by atoms with Gasteiger partial charge in [0, 0.05) is 11.1 Å². The SMILES string of the molecule is COc1ccc(-c2ccoc2-c2cc(OC)c(OC)c(OC)c2)cc1. The van der Waals surface area contributed by atoms with Crippen molar-refractivity contribution in [3.63, 3.8) is 0 Å². The van der Waals surface area contributed by atoms with Crippen molar-refractivity contribution in [2.45, 2.75) is 0 Å². The zero-order valence-electron chi connectivity index (χ0n) is 14.7. The first-order valence-corrected chi connectivity index (χ1v) is 7.74. The molecule has 0 spiro atoms. The van der Waals surface area contributed by atoms with E-state index < -0.39 is 0 Å². The molecule has 0 bridgehead atoms. The highest BCUT2D eigenvalue weighted by atomic mass is 16.5. The van der Waals surface area contributed by atoms with E-state index in [0.29, 0.717) is 17.2 Å². The lowest BCUT2D eigenvalue weighted by Gasteiger charge is -2.14. The summed E-state index contributed by atoms with van der Waals surface area (Å²) < 4.78 is 27.2. The second-order valence-electron chi connectivity index (χ2n) is 5.31. The van der Waals surface area contributed by atoms with Gasteiger partial charge in [-0.05, 0) is 35.9 Å². The lowest BCUT2D eigenvalue weighted by atomic mass is 10.0. The van der Waals surface area contributed by atoms with Crippen molar-refractivity contribution >= 4 is 0 Å². The fourth-order valence-corrected chi connectivity index (χ4v) is 2.74. The molecular formula is C20H20O5. The maximum atomic E-state index is 5.75. The number of hydrogen-bond donors (Lipinski definition) is 0. The van der Waals surface area contributed by atoms with Crippen molar-refractivity contribution in [1.82, 2.24) is 0 Å². The molecule has 2 aromatic carbocycles. The molecule has 0 N–H and O–H groups in total. The van der Waals surface area contributed by atoms with Gasteiger partial charge in [0.15, 0.2) is 11.5 Å². The minimum absolute atomic E-state index is 0.548. The highest BCUT2D eigenvalue weighted by Gasteiger charge is 2.18. The van der Waals surface area contributed by atoms with Crippen molar-refractivity contribution < 1.29 is 23.4 Å². The van der Waals surface area contributed by atoms with E-state index in [2.05, 4.69) is 0 Å². The predicted molar refractivity (Wildman–Crippen MR) is 95.8 cm³/mol. The predicted octanol–water partition coefficient (Wildman–Crippen LogP) is 4.65. The largest absolute Gasteiger partial charge is 0.497 e. The average molecular weight is 340 g/mol. The summed E-state index contributed by atoms with van der Waals surface area (Å²) in [5.74, 6) is 3.24. The molecule has 3 aromatic rings. The van der Waals surface area contributed by atoms with E-state index in [0.717, 1.165) is 28.2 Å². The van der Waals surface area contributed by atoms with Crippen LogP contribution in [0.25, 0.3) is 22.5 Å². The monoisotopic (exact) mass is 340 g/mol. The van der Waals surface area contributed by atoms with Gasteiger partial charge in [-0.3, -0.25) is 0 Å². The van der Waals surface area contributed by atoms with Crippen LogP contribution in [-0.2, 0) is 0 Å². The minimum atomic E-state index is 0.548. The maximum absolute atomic E-state index is 5.75. The molecule has 3 rings (SSSR count). The molecule has 0 saturated heterocycles. The second kappa shape index (κ2) is 7.21. The zero-order chi connectivity index (χ0) is 17.8. The van der Waals surface area contributed by atoms with Gasteiger partial charge in [0.25, 0.3) is 0 Å². The Morgan fingerprint density at radius 2 is 1.32 bits per heavy atom. The second-order valence-corrected chi connectivity index (χ2v) is 5.31. The van der Waals surface area contributed by atoms with Gasteiger partial charge in [0.2, 0.25) is 5.75 Å². The normalized spacial score (nSPS) is 10.4. The Hall–Kier alpha value is -3.08. The van der Waals surface area contributed by atoms with Crippen LogP contribution in [-0.4, -0.2) is 28.4 Å². The Balaban J connectivity index is 2.10. The molecular weight excluding hydrogens is 320 g/mol. The third-order valence-corrected chi connectivity index (χ3v) is 3.99. The topological polar surface area (TPSA) is 50.1 Å². The van der Waals surface area contributed by atoms with E-state index in [1.54, 1.807) is 34.7 Å². The molecule has 0 fully saturated rings. The summed E-state index contributed by atoms with van der Waals surface area (Å²) in [5, 5.41) is 0. The summed E-state index contributed by atoms with van der Waals surface area (Å²) in [7, 11) is 6.41. The summed E-state index contributed by atoms with van der Waals surface area (Å²) in [6.07, 6.45) is 1.66. The summed E-state index contributed by atoms with van der Waals surface area (Å²) >= 11 is 0. The molecule has 0 aliphatic rings. The Bertz CT molecular complexity index is 824. The van der Waals surface area contributed by atoms with Crippen LogP contribution in [0.1, 0.15) is 0 Å². The standard InChI is InChI=1S/C20H20O5/c1-21-15-7-5-13(6-8-15)16-9-10-25-19(16)14-11-17(22-2)20(24-4)18(12-14)23-3/h5-12H,1-4H3. The van der Waals surface area contributed by atoms with E-state index >= 15 is 0 Å². The van der Waals surface area contributed by atoms with Crippen molar-refractivity contribution in [3.8, 4) is 45.4 Å². The lowest BCUT2D eigenvalue weighted by molar-refractivity contribution is 0.324. The molecule has 0 saturated carbocycles. The fourth-order valence-electron chi connectivity index (χ4n) is 2.74. The zero-order valence-corrected chi connectivity index (χ0v) is 14.7. The van der Waals surface area contributed by atoms with Crippen molar-refractivity contribution in [2.75, 3.05) is 28.4 Å². The number of ether oxygens (including phenoxy) is 4. The van der Waals surface area contributed by atoms with Crippen LogP contribution in [0.5, 0.6) is 23.0 Å². The maximum Gasteiger partial charge on any atom is 0.203 e. The molecule has 0 aliphatic carbocycles. The number of methoxy groups -OCH3 is 4. The summed E-state index contributed by atoms with van der Waals surface area (Å²) in [6, 6.07) is 13.5. The minimum Gasteiger partial charge on any atom is -0.497 e. The molecule has 0 radical (unpaired) electrons. The first-order chi connectivity index (χ1) is 12.2. The molecule has 0 unspecified atom stereocenters. The summed E-state index contributed by atoms with van der Waals surface area (Å²) in [6.45, 7) is 0. The van der Waals surface area contributed by atoms with Crippen molar-refractivity contribution in [2.24, 2.45) is 0 Å². The molecule has 0 aliphatic heterocycles. The number of benzene rings is 2. The van der Waals surface area contributed by atoms with Gasteiger partial charge in [0.05, 0.1) is 34.7 Å². The van der Waals surface area contributed by atoms with E-state index in [9.17, 15) is 0 Å². The van der Waals surface area contributed by atoms with Gasteiger partial charge >= 0.3 is 0 Å². The lowest BCUT2D eigenvalue weighted by Crippen LogP contribution is -1.95. The molecule has 0 atom stereocenters. The number of rotatable bonds is 6. The molecule has 0 amide bonds. The molecule has 130 valence electrons. The molecule has 5 heteroatoms. The van der Waals surface area contributed by atoms with Crippen molar-refractivity contribution in [1.29, 1.82) is 0 Å². The van der Waals surface area contributed by atoms with Crippen LogP contribution in [0.2, 0.25) is 0 Å². The molecule has 1 aromatic heterocycles. The first-order valence-electron chi connectivity index (χ1n) is 7.74. The fraction of sp³-hybridized carbons (Fsp3) is 0.200. The van der Waals surface area contributed by atoms with Gasteiger partial charge in [0.1, 0.15) is 11.5 Å². The Kier molecular flexibility index (Phi) is 4.84. The molecule has 1 heterocycles. The quantitative estimate of drug-likeness (QED) is 0.654. The third kappa shape index (κ3) is 3.13. The van der Waals surface area contributed by atoms with E-state index in [-0.39, 0.29) is 0 Å². The highest BCUT2D eigenvalue weighted by Crippen LogP contribution is 2.43. The van der Waals surface area contributed by atoms with Gasteiger partial charge < -0.3 is 23.4 Å². The van der Waals surface area contributed by atoms with Gasteiger partial charge in [-0.25, -0.2) is 0 Å². The van der Waals surface area contributed by atoms with Gasteiger partial charge in [-0.2, -0.15) is 0 Å². The van der Waals surface area contributed by atoms with Crippen LogP contribution in [0, 0.1) is 0 Å². The summed E-state index contributed by atoms with van der Waals surface area (Å²) in [4.78, 5) is 0. The van der Waals surface area contributed by atoms with Crippen LogP contribution >= 0.6 is 0 Å². The van der Waals surface area contributed by atoms with Gasteiger partial charge in [-0.15, -0.1) is 0 Å². The number of furan rings is 1. The Morgan fingerprint density at radius 3 is 1.84 bits per heavy atom. The van der Waals surface area contributed by atoms with E-state index in [1.165, 1.54) is 0 Å². The first kappa shape index (κ1) is 16.8. The Labute approximate surface area is 146 Å². The molecule has 25 heavy (non-hydrogen) atoms. The van der Waals surface area contributed by atoms with Crippen LogP contribution < -0.4 is 18.9 Å². The van der Waals surface area contributed by atoms with Gasteiger partial charge in [-0.1, -0.05) is 12.1 Å². The summed E-state index contributed by atoms with van der Waals surface area (Å²) in [5.41, 5.74) is 2.83. The third-order valence-electron chi connectivity index (χ3n) is 3.99. The Morgan fingerprint density at radius 1 is 0.680 bits per heavy atom. The van der Waals surface area contributed by atoms with Crippen LogP contribution in [0.15, 0.2) is 53.1 Å². The highest BCUT2D eigenvalue weighted by molar-refractivity contribution is 5.82. The van der Waals surface area contributed by atoms with E-state index in [4.69, 9.17) is 23.4 Å². The number of hydrogen-bond acceptors (Lipinski definition) is 5.